The number of nitrogens with zero attached hydrogens (tertiary/aromatic N) is 1. The van der Waals surface area contributed by atoms with E-state index in [1.165, 1.54) is 6.08 Å². The molecule has 3 aromatic rings. The molecular formula is C24H13BrClNO6. The normalized spacial score (nSPS) is 15.4. The van der Waals surface area contributed by atoms with Crippen molar-refractivity contribution >= 4 is 51.4 Å². The maximum atomic E-state index is 12.6. The molecule has 33 heavy (non-hydrogen) atoms. The molecule has 2 aliphatic heterocycles. The monoisotopic (exact) mass is 525 g/mol. The molecule has 0 unspecified atom stereocenters. The Balaban J connectivity index is 1.44. The number of aliphatic imine (C=N–C) groups is 1. The van der Waals surface area contributed by atoms with Crippen molar-refractivity contribution in [2.24, 2.45) is 4.99 Å². The SMILES string of the molecule is O=C1OC(c2ccc3c(c2)OCO3)=N/C1=C/c1cc(Br)ccc1OC(=O)c1ccc(Cl)cc1. The van der Waals surface area contributed by atoms with Crippen LogP contribution in [0.1, 0.15) is 21.5 Å². The van der Waals surface area contributed by atoms with E-state index in [1.54, 1.807) is 60.7 Å². The van der Waals surface area contributed by atoms with Gasteiger partial charge in [0, 0.05) is 20.6 Å². The van der Waals surface area contributed by atoms with Crippen LogP contribution in [0.25, 0.3) is 6.08 Å². The summed E-state index contributed by atoms with van der Waals surface area (Å²) in [5, 5.41) is 0.511. The summed E-state index contributed by atoms with van der Waals surface area (Å²) in [6, 6.07) is 16.5. The van der Waals surface area contributed by atoms with Crippen molar-refractivity contribution in [3.05, 3.63) is 92.5 Å². The molecule has 0 bridgehead atoms. The number of hydrogen-bond acceptors (Lipinski definition) is 7. The summed E-state index contributed by atoms with van der Waals surface area (Å²) < 4.78 is 22.3. The Hall–Kier alpha value is -3.62. The van der Waals surface area contributed by atoms with Crippen molar-refractivity contribution in [2.45, 2.75) is 0 Å². The summed E-state index contributed by atoms with van der Waals surface area (Å²) in [4.78, 5) is 29.3. The molecule has 0 saturated carbocycles. The maximum Gasteiger partial charge on any atom is 0.363 e. The zero-order chi connectivity index (χ0) is 22.9. The molecule has 7 nitrogen and oxygen atoms in total. The molecule has 164 valence electrons. The molecule has 0 fully saturated rings. The van der Waals surface area contributed by atoms with Gasteiger partial charge in [-0.3, -0.25) is 0 Å². The Labute approximate surface area is 201 Å². The van der Waals surface area contributed by atoms with Gasteiger partial charge in [0.15, 0.2) is 17.2 Å². The van der Waals surface area contributed by atoms with Gasteiger partial charge in [0.1, 0.15) is 5.75 Å². The predicted octanol–water partition coefficient (Wildman–Crippen LogP) is 5.39. The lowest BCUT2D eigenvalue weighted by Crippen LogP contribution is -2.09. The number of benzene rings is 3. The van der Waals surface area contributed by atoms with Gasteiger partial charge in [0.2, 0.25) is 12.7 Å². The highest BCUT2D eigenvalue weighted by molar-refractivity contribution is 9.10. The van der Waals surface area contributed by atoms with Crippen molar-refractivity contribution in [3.63, 3.8) is 0 Å². The predicted molar refractivity (Wildman–Crippen MR) is 124 cm³/mol. The van der Waals surface area contributed by atoms with Crippen LogP contribution in [0.5, 0.6) is 17.2 Å². The van der Waals surface area contributed by atoms with E-state index in [0.717, 1.165) is 4.47 Å². The molecule has 0 aromatic heterocycles. The second kappa shape index (κ2) is 8.73. The topological polar surface area (TPSA) is 83.4 Å². The zero-order valence-electron chi connectivity index (χ0n) is 16.7. The fourth-order valence-electron chi connectivity index (χ4n) is 3.18. The summed E-state index contributed by atoms with van der Waals surface area (Å²) in [6.07, 6.45) is 1.50. The molecule has 0 saturated heterocycles. The van der Waals surface area contributed by atoms with Crippen LogP contribution in [0.15, 0.2) is 75.8 Å². The number of hydrogen-bond donors (Lipinski definition) is 0. The molecular weight excluding hydrogens is 514 g/mol. The van der Waals surface area contributed by atoms with E-state index < -0.39 is 11.9 Å². The second-order valence-electron chi connectivity index (χ2n) is 6.98. The molecule has 0 radical (unpaired) electrons. The lowest BCUT2D eigenvalue weighted by atomic mass is 10.1. The van der Waals surface area contributed by atoms with E-state index in [-0.39, 0.29) is 24.1 Å². The van der Waals surface area contributed by atoms with Crippen LogP contribution in [0.3, 0.4) is 0 Å². The first-order valence-electron chi connectivity index (χ1n) is 9.66. The standard InChI is InChI=1S/C24H13BrClNO6/c25-16-4-8-19(32-23(28)13-1-5-17(26)6-2-13)15(9-16)10-18-24(29)33-22(27-18)14-3-7-20-21(11-14)31-12-30-20/h1-11H,12H2/b18-10+. The van der Waals surface area contributed by atoms with Crippen LogP contribution in [0, 0.1) is 0 Å². The van der Waals surface area contributed by atoms with E-state index in [0.29, 0.717) is 33.2 Å². The minimum absolute atomic E-state index is 0.0598. The Morgan fingerprint density at radius 1 is 1.03 bits per heavy atom. The highest BCUT2D eigenvalue weighted by Crippen LogP contribution is 2.34. The zero-order valence-corrected chi connectivity index (χ0v) is 19.1. The van der Waals surface area contributed by atoms with E-state index >= 15 is 0 Å². The summed E-state index contributed by atoms with van der Waals surface area (Å²) in [5.74, 6) is 0.363. The minimum Gasteiger partial charge on any atom is -0.454 e. The number of ether oxygens (including phenoxy) is 4. The van der Waals surface area contributed by atoms with E-state index in [2.05, 4.69) is 20.9 Å². The van der Waals surface area contributed by atoms with Crippen LogP contribution in [-0.2, 0) is 9.53 Å². The molecule has 0 N–H and O–H groups in total. The van der Waals surface area contributed by atoms with E-state index in [9.17, 15) is 9.59 Å². The minimum atomic E-state index is -0.627. The van der Waals surface area contributed by atoms with Crippen LogP contribution >= 0.6 is 27.5 Å². The highest BCUT2D eigenvalue weighted by atomic mass is 79.9. The number of rotatable bonds is 4. The van der Waals surface area contributed by atoms with Gasteiger partial charge >= 0.3 is 11.9 Å². The molecule has 3 aromatic carbocycles. The van der Waals surface area contributed by atoms with Crippen molar-refractivity contribution < 1.29 is 28.5 Å². The van der Waals surface area contributed by atoms with Gasteiger partial charge in [0.25, 0.3) is 0 Å². The number of halogens is 2. The van der Waals surface area contributed by atoms with Crippen molar-refractivity contribution in [2.75, 3.05) is 6.79 Å². The van der Waals surface area contributed by atoms with Crippen LogP contribution in [0.4, 0.5) is 0 Å². The van der Waals surface area contributed by atoms with E-state index in [4.69, 9.17) is 30.5 Å². The third-order valence-electron chi connectivity index (χ3n) is 4.79. The average Bonchev–Trinajstić information content (AvgIpc) is 3.42. The van der Waals surface area contributed by atoms with E-state index in [1.807, 2.05) is 0 Å². The number of carbonyl (C=O) groups excluding carboxylic acids is 2. The van der Waals surface area contributed by atoms with Crippen LogP contribution in [-0.4, -0.2) is 24.6 Å². The number of cyclic esters (lactones) is 1. The second-order valence-corrected chi connectivity index (χ2v) is 8.33. The molecule has 0 aliphatic carbocycles. The number of esters is 2. The lowest BCUT2D eigenvalue weighted by molar-refractivity contribution is -0.129. The Kier molecular flexibility index (Phi) is 5.62. The van der Waals surface area contributed by atoms with Gasteiger partial charge < -0.3 is 18.9 Å². The third kappa shape index (κ3) is 4.48. The fraction of sp³-hybridized carbons (Fsp3) is 0.0417. The van der Waals surface area contributed by atoms with Crippen molar-refractivity contribution in [1.29, 1.82) is 0 Å². The molecule has 2 aliphatic rings. The quantitative estimate of drug-likeness (QED) is 0.257. The summed E-state index contributed by atoms with van der Waals surface area (Å²) in [7, 11) is 0. The van der Waals surface area contributed by atoms with Crippen molar-refractivity contribution in [1.82, 2.24) is 0 Å². The Morgan fingerprint density at radius 3 is 2.64 bits per heavy atom. The number of carbonyl (C=O) groups is 2. The van der Waals surface area contributed by atoms with Crippen LogP contribution in [0.2, 0.25) is 5.02 Å². The smallest absolute Gasteiger partial charge is 0.363 e. The van der Waals surface area contributed by atoms with Gasteiger partial charge in [-0.25, -0.2) is 14.6 Å². The summed E-state index contributed by atoms with van der Waals surface area (Å²) in [6.45, 7) is 0.136. The third-order valence-corrected chi connectivity index (χ3v) is 5.53. The first kappa shape index (κ1) is 21.2. The fourth-order valence-corrected chi connectivity index (χ4v) is 3.68. The largest absolute Gasteiger partial charge is 0.454 e. The van der Waals surface area contributed by atoms with Gasteiger partial charge in [-0.1, -0.05) is 27.5 Å². The first-order chi connectivity index (χ1) is 16.0. The van der Waals surface area contributed by atoms with Crippen LogP contribution < -0.4 is 14.2 Å². The number of fused-ring (bicyclic) bond motifs is 1. The summed E-state index contributed by atoms with van der Waals surface area (Å²) >= 11 is 9.27. The highest BCUT2D eigenvalue weighted by Gasteiger charge is 2.26. The van der Waals surface area contributed by atoms with Gasteiger partial charge in [-0.15, -0.1) is 0 Å². The molecule has 0 amide bonds. The molecule has 2 heterocycles. The first-order valence-corrected chi connectivity index (χ1v) is 10.8. The Bertz CT molecular complexity index is 1350. The molecule has 9 heteroatoms. The molecule has 0 spiro atoms. The van der Waals surface area contributed by atoms with Gasteiger partial charge in [-0.2, -0.15) is 0 Å². The van der Waals surface area contributed by atoms with Gasteiger partial charge in [-0.05, 0) is 66.7 Å². The molecule has 0 atom stereocenters. The Morgan fingerprint density at radius 2 is 1.82 bits per heavy atom. The average molecular weight is 527 g/mol. The lowest BCUT2D eigenvalue weighted by Gasteiger charge is -2.08. The van der Waals surface area contributed by atoms with Gasteiger partial charge in [0.05, 0.1) is 5.56 Å². The summed E-state index contributed by atoms with van der Waals surface area (Å²) in [5.41, 5.74) is 1.43. The maximum absolute atomic E-state index is 12.6. The molecule has 5 rings (SSSR count). The van der Waals surface area contributed by atoms with Crippen molar-refractivity contribution in [3.8, 4) is 17.2 Å².